The van der Waals surface area contributed by atoms with Crippen molar-refractivity contribution in [1.82, 2.24) is 4.98 Å². The predicted molar refractivity (Wildman–Crippen MR) is 62.1 cm³/mol. The number of nitrogens with zero attached hydrogens (tertiary/aromatic N) is 1. The molecule has 0 bridgehead atoms. The smallest absolute Gasteiger partial charge is 0.0987 e. The molecule has 0 spiro atoms. The summed E-state index contributed by atoms with van der Waals surface area (Å²) in [5.41, 5.74) is 1.38. The molecule has 0 saturated heterocycles. The second kappa shape index (κ2) is 4.19. The summed E-state index contributed by atoms with van der Waals surface area (Å²) in [7, 11) is 0. The van der Waals surface area contributed by atoms with Crippen molar-refractivity contribution < 1.29 is 0 Å². The molecule has 0 atom stereocenters. The van der Waals surface area contributed by atoms with E-state index in [2.05, 4.69) is 17.3 Å². The van der Waals surface area contributed by atoms with Crippen LogP contribution in [0, 0.1) is 0 Å². The van der Waals surface area contributed by atoms with Crippen LogP contribution < -0.4 is 0 Å². The molecule has 1 aliphatic rings. The molecule has 2 rings (SSSR count). The van der Waals surface area contributed by atoms with Crippen LogP contribution in [0.4, 0.5) is 0 Å². The number of thiazole rings is 1. The number of halogens is 1. The molecule has 1 nitrogen and oxygen atoms in total. The quantitative estimate of drug-likeness (QED) is 0.696. The maximum Gasteiger partial charge on any atom is 0.0987 e. The van der Waals surface area contributed by atoms with E-state index in [1.165, 1.54) is 37.1 Å². The molecular weight excluding hydrogens is 214 g/mol. The van der Waals surface area contributed by atoms with Gasteiger partial charge in [0.2, 0.25) is 0 Å². The van der Waals surface area contributed by atoms with Gasteiger partial charge in [0.1, 0.15) is 0 Å². The molecule has 1 aliphatic carbocycles. The van der Waals surface area contributed by atoms with Crippen LogP contribution in [0.5, 0.6) is 0 Å². The normalized spacial score (nSPS) is 21.0. The zero-order chi connectivity index (χ0) is 10.0. The molecule has 0 aliphatic heterocycles. The molecule has 1 heterocycles. The molecule has 1 fully saturated rings. The summed E-state index contributed by atoms with van der Waals surface area (Å²) in [6.45, 7) is 2.35. The lowest BCUT2D eigenvalue weighted by molar-refractivity contribution is 0.318. The number of hydrogen-bond donors (Lipinski definition) is 0. The third-order valence-electron chi connectivity index (χ3n) is 3.16. The lowest BCUT2D eigenvalue weighted by atomic mass is 9.76. The van der Waals surface area contributed by atoms with Gasteiger partial charge in [-0.2, -0.15) is 0 Å². The van der Waals surface area contributed by atoms with Crippen molar-refractivity contribution in [3.8, 4) is 0 Å². The summed E-state index contributed by atoms with van der Waals surface area (Å²) in [6, 6.07) is 0. The highest BCUT2D eigenvalue weighted by atomic mass is 35.5. The van der Waals surface area contributed by atoms with Crippen molar-refractivity contribution in [2.75, 3.05) is 0 Å². The van der Waals surface area contributed by atoms with Gasteiger partial charge in [-0.1, -0.05) is 26.2 Å². The van der Waals surface area contributed by atoms with E-state index in [9.17, 15) is 0 Å². The SMILES string of the molecule is CC1(c2nc(CCl)cs2)CCCCC1. The lowest BCUT2D eigenvalue weighted by Crippen LogP contribution is -2.24. The molecule has 14 heavy (non-hydrogen) atoms. The molecule has 0 N–H and O–H groups in total. The van der Waals surface area contributed by atoms with E-state index < -0.39 is 0 Å². The summed E-state index contributed by atoms with van der Waals surface area (Å²) in [5, 5.41) is 3.40. The maximum absolute atomic E-state index is 5.77. The molecule has 1 saturated carbocycles. The Morgan fingerprint density at radius 1 is 1.43 bits per heavy atom. The highest BCUT2D eigenvalue weighted by Gasteiger charge is 2.31. The van der Waals surface area contributed by atoms with Crippen LogP contribution in [0.1, 0.15) is 49.7 Å². The van der Waals surface area contributed by atoms with Gasteiger partial charge in [0.15, 0.2) is 0 Å². The van der Waals surface area contributed by atoms with Crippen molar-refractivity contribution in [3.63, 3.8) is 0 Å². The Hall–Kier alpha value is -0.0800. The molecule has 0 radical (unpaired) electrons. The van der Waals surface area contributed by atoms with Gasteiger partial charge in [0.25, 0.3) is 0 Å². The van der Waals surface area contributed by atoms with E-state index in [1.54, 1.807) is 11.3 Å². The van der Waals surface area contributed by atoms with Crippen LogP contribution in [-0.4, -0.2) is 4.98 Å². The van der Waals surface area contributed by atoms with Crippen molar-refractivity contribution in [3.05, 3.63) is 16.1 Å². The second-order valence-corrected chi connectivity index (χ2v) is 5.52. The zero-order valence-corrected chi connectivity index (χ0v) is 10.1. The van der Waals surface area contributed by atoms with Gasteiger partial charge in [-0.15, -0.1) is 22.9 Å². The van der Waals surface area contributed by atoms with E-state index >= 15 is 0 Å². The van der Waals surface area contributed by atoms with Gasteiger partial charge in [-0.05, 0) is 12.8 Å². The fraction of sp³-hybridized carbons (Fsp3) is 0.727. The van der Waals surface area contributed by atoms with Crippen LogP contribution in [0.15, 0.2) is 5.38 Å². The Kier molecular flexibility index (Phi) is 3.13. The first-order valence-corrected chi connectivity index (χ1v) is 6.67. The fourth-order valence-electron chi connectivity index (χ4n) is 2.19. The predicted octanol–water partition coefficient (Wildman–Crippen LogP) is 4.10. The van der Waals surface area contributed by atoms with Gasteiger partial charge in [0.05, 0.1) is 16.6 Å². The molecule has 1 aromatic rings. The maximum atomic E-state index is 5.77. The largest absolute Gasteiger partial charge is 0.244 e. The van der Waals surface area contributed by atoms with E-state index in [0.29, 0.717) is 11.3 Å². The second-order valence-electron chi connectivity index (χ2n) is 4.40. The van der Waals surface area contributed by atoms with E-state index in [4.69, 9.17) is 11.6 Å². The Morgan fingerprint density at radius 3 is 2.71 bits per heavy atom. The fourth-order valence-corrected chi connectivity index (χ4v) is 3.46. The van der Waals surface area contributed by atoms with Crippen LogP contribution in [0.2, 0.25) is 0 Å². The molecular formula is C11H16ClNS. The van der Waals surface area contributed by atoms with E-state index in [1.807, 2.05) is 0 Å². The number of aromatic nitrogens is 1. The van der Waals surface area contributed by atoms with Gasteiger partial charge < -0.3 is 0 Å². The topological polar surface area (TPSA) is 12.9 Å². The molecule has 0 unspecified atom stereocenters. The molecule has 1 aromatic heterocycles. The number of rotatable bonds is 2. The van der Waals surface area contributed by atoms with Gasteiger partial charge >= 0.3 is 0 Å². The number of alkyl halides is 1. The molecule has 0 amide bonds. The summed E-state index contributed by atoms with van der Waals surface area (Å²) in [6.07, 6.45) is 6.69. The summed E-state index contributed by atoms with van der Waals surface area (Å²) >= 11 is 7.55. The first kappa shape index (κ1) is 10.4. The Bertz CT molecular complexity index is 302. The van der Waals surface area contributed by atoms with Gasteiger partial charge in [-0.25, -0.2) is 4.98 Å². The number of hydrogen-bond acceptors (Lipinski definition) is 2. The van der Waals surface area contributed by atoms with Crippen LogP contribution in [0.25, 0.3) is 0 Å². The van der Waals surface area contributed by atoms with Crippen molar-refractivity contribution in [1.29, 1.82) is 0 Å². The lowest BCUT2D eigenvalue weighted by Gasteiger charge is -2.31. The Morgan fingerprint density at radius 2 is 2.14 bits per heavy atom. The molecule has 78 valence electrons. The summed E-state index contributed by atoms with van der Waals surface area (Å²) in [5.74, 6) is 0.548. The molecule has 3 heteroatoms. The first-order chi connectivity index (χ1) is 6.74. The molecule has 0 aromatic carbocycles. The van der Waals surface area contributed by atoms with E-state index in [-0.39, 0.29) is 0 Å². The highest BCUT2D eigenvalue weighted by molar-refractivity contribution is 7.09. The third kappa shape index (κ3) is 1.96. The average Bonchev–Trinajstić information content (AvgIpc) is 2.67. The van der Waals surface area contributed by atoms with Crippen molar-refractivity contribution in [2.24, 2.45) is 0 Å². The standard InChI is InChI=1S/C11H16ClNS/c1-11(5-3-2-4-6-11)10-13-9(7-12)8-14-10/h8H,2-7H2,1H3. The first-order valence-electron chi connectivity index (χ1n) is 5.25. The summed E-state index contributed by atoms with van der Waals surface area (Å²) < 4.78 is 0. The van der Waals surface area contributed by atoms with Crippen LogP contribution >= 0.6 is 22.9 Å². The Balaban J connectivity index is 2.19. The monoisotopic (exact) mass is 229 g/mol. The van der Waals surface area contributed by atoms with Gasteiger partial charge in [-0.3, -0.25) is 0 Å². The average molecular weight is 230 g/mol. The highest BCUT2D eigenvalue weighted by Crippen LogP contribution is 2.40. The van der Waals surface area contributed by atoms with Gasteiger partial charge in [0, 0.05) is 10.8 Å². The van der Waals surface area contributed by atoms with Crippen LogP contribution in [-0.2, 0) is 11.3 Å². The van der Waals surface area contributed by atoms with Crippen molar-refractivity contribution in [2.45, 2.75) is 50.3 Å². The minimum absolute atomic E-state index is 0.341. The summed E-state index contributed by atoms with van der Waals surface area (Å²) in [4.78, 5) is 4.61. The minimum atomic E-state index is 0.341. The Labute approximate surface area is 94.5 Å². The van der Waals surface area contributed by atoms with E-state index in [0.717, 1.165) is 5.69 Å². The third-order valence-corrected chi connectivity index (χ3v) is 4.63. The van der Waals surface area contributed by atoms with Crippen molar-refractivity contribution >= 4 is 22.9 Å². The van der Waals surface area contributed by atoms with Crippen LogP contribution in [0.3, 0.4) is 0 Å². The minimum Gasteiger partial charge on any atom is -0.244 e. The zero-order valence-electron chi connectivity index (χ0n) is 8.55.